The van der Waals surface area contributed by atoms with E-state index in [1.165, 1.54) is 17.6 Å². The Kier molecular flexibility index (Phi) is 2.81. The molecule has 3 atom stereocenters. The summed E-state index contributed by atoms with van der Waals surface area (Å²) in [6.07, 6.45) is 5.14. The van der Waals surface area contributed by atoms with Gasteiger partial charge in [-0.15, -0.1) is 0 Å². The minimum Gasteiger partial charge on any atom is -0.299 e. The minimum absolute atomic E-state index is 0.110. The van der Waals surface area contributed by atoms with Gasteiger partial charge in [0.1, 0.15) is 5.78 Å². The van der Waals surface area contributed by atoms with Crippen LogP contribution in [0.4, 0.5) is 0 Å². The number of Topliss-reactive ketones (excluding diaryl/α,β-unsaturated/α-hetero) is 1. The van der Waals surface area contributed by atoms with Crippen molar-refractivity contribution in [2.24, 2.45) is 17.3 Å². The summed E-state index contributed by atoms with van der Waals surface area (Å²) in [7, 11) is 0. The molecule has 0 N–H and O–H groups in total. The van der Waals surface area contributed by atoms with Gasteiger partial charge in [0.2, 0.25) is 0 Å². The highest BCUT2D eigenvalue weighted by Crippen LogP contribution is 2.55. The van der Waals surface area contributed by atoms with Gasteiger partial charge in [-0.2, -0.15) is 0 Å². The van der Waals surface area contributed by atoms with Gasteiger partial charge in [0.05, 0.1) is 0 Å². The molecular weight excluding hydrogens is 196 g/mol. The van der Waals surface area contributed by atoms with Gasteiger partial charge >= 0.3 is 0 Å². The Morgan fingerprint density at radius 3 is 2.62 bits per heavy atom. The molecule has 0 heterocycles. The lowest BCUT2D eigenvalue weighted by Gasteiger charge is -2.43. The van der Waals surface area contributed by atoms with E-state index in [2.05, 4.69) is 27.0 Å². The fraction of sp³-hybridized carbons (Fsp3) is 0.667. The first-order valence-corrected chi connectivity index (χ1v) is 6.34. The molecule has 2 fully saturated rings. The van der Waals surface area contributed by atoms with Gasteiger partial charge < -0.3 is 0 Å². The molecule has 2 rings (SSSR count). The average Bonchev–Trinajstić information content (AvgIpc) is 2.52. The van der Waals surface area contributed by atoms with Crippen molar-refractivity contribution < 1.29 is 4.79 Å². The van der Waals surface area contributed by atoms with Crippen LogP contribution in [0.25, 0.3) is 0 Å². The van der Waals surface area contributed by atoms with Crippen LogP contribution in [0.5, 0.6) is 0 Å². The van der Waals surface area contributed by atoms with Crippen molar-refractivity contribution in [2.45, 2.75) is 46.0 Å². The Hall–Kier alpha value is -0.850. The highest BCUT2D eigenvalue weighted by atomic mass is 16.1. The fourth-order valence-corrected chi connectivity index (χ4v) is 3.55. The molecule has 0 aromatic rings. The Morgan fingerprint density at radius 1 is 1.44 bits per heavy atom. The Morgan fingerprint density at radius 2 is 2.12 bits per heavy atom. The van der Waals surface area contributed by atoms with Crippen LogP contribution < -0.4 is 0 Å². The standard InChI is InChI=1S/C15H22O/c1-10(2)13-6-5-11(3)15(9-13)8-7-14(16)12(15)4/h12-13H,1,3,5-9H2,2,4H3/t12?,13-,15-/m0/s1. The molecule has 0 saturated heterocycles. The van der Waals surface area contributed by atoms with E-state index in [9.17, 15) is 4.79 Å². The van der Waals surface area contributed by atoms with Crippen LogP contribution in [-0.2, 0) is 4.79 Å². The van der Waals surface area contributed by atoms with Crippen LogP contribution in [0.1, 0.15) is 46.0 Å². The molecule has 1 nitrogen and oxygen atoms in total. The molecule has 1 unspecified atom stereocenters. The summed E-state index contributed by atoms with van der Waals surface area (Å²) < 4.78 is 0. The highest BCUT2D eigenvalue weighted by Gasteiger charge is 2.49. The smallest absolute Gasteiger partial charge is 0.136 e. The number of allylic oxidation sites excluding steroid dienone is 2. The lowest BCUT2D eigenvalue weighted by Crippen LogP contribution is -2.34. The van der Waals surface area contributed by atoms with Crippen molar-refractivity contribution >= 4 is 5.78 Å². The molecule has 0 aromatic carbocycles. The van der Waals surface area contributed by atoms with E-state index in [0.29, 0.717) is 11.7 Å². The summed E-state index contributed by atoms with van der Waals surface area (Å²) in [6, 6.07) is 0. The monoisotopic (exact) mass is 218 g/mol. The molecule has 0 radical (unpaired) electrons. The maximum Gasteiger partial charge on any atom is 0.136 e. The quantitative estimate of drug-likeness (QED) is 0.610. The summed E-state index contributed by atoms with van der Waals surface area (Å²) in [6.45, 7) is 12.6. The van der Waals surface area contributed by atoms with Crippen molar-refractivity contribution in [1.82, 2.24) is 0 Å². The third-order valence-electron chi connectivity index (χ3n) is 4.94. The van der Waals surface area contributed by atoms with Gasteiger partial charge in [-0.1, -0.05) is 31.2 Å². The number of carbonyl (C=O) groups excluding carboxylic acids is 1. The van der Waals surface area contributed by atoms with Crippen molar-refractivity contribution in [3.8, 4) is 0 Å². The predicted molar refractivity (Wildman–Crippen MR) is 67.1 cm³/mol. The Bertz CT molecular complexity index is 352. The summed E-state index contributed by atoms with van der Waals surface area (Å²) in [5, 5.41) is 0. The predicted octanol–water partition coefficient (Wildman–Crippen LogP) is 3.90. The van der Waals surface area contributed by atoms with Crippen LogP contribution in [-0.4, -0.2) is 5.78 Å². The summed E-state index contributed by atoms with van der Waals surface area (Å²) in [5.74, 6) is 1.21. The summed E-state index contributed by atoms with van der Waals surface area (Å²) in [4.78, 5) is 11.8. The molecular formula is C15H22O. The van der Waals surface area contributed by atoms with Crippen molar-refractivity contribution in [2.75, 3.05) is 0 Å². The number of rotatable bonds is 1. The Balaban J connectivity index is 2.27. The molecule has 2 saturated carbocycles. The van der Waals surface area contributed by atoms with Gasteiger partial charge in [0, 0.05) is 17.8 Å². The molecule has 0 aliphatic heterocycles. The molecule has 16 heavy (non-hydrogen) atoms. The SMILES string of the molecule is C=C(C)[C@H]1CCC(=C)[C@]2(CCC(=O)C2C)C1. The van der Waals surface area contributed by atoms with Crippen LogP contribution in [0.2, 0.25) is 0 Å². The van der Waals surface area contributed by atoms with Gasteiger partial charge in [0.25, 0.3) is 0 Å². The van der Waals surface area contributed by atoms with E-state index in [1.54, 1.807) is 0 Å². The number of ketones is 1. The largest absolute Gasteiger partial charge is 0.299 e. The van der Waals surface area contributed by atoms with E-state index in [4.69, 9.17) is 0 Å². The molecule has 1 heteroatoms. The molecule has 0 bridgehead atoms. The van der Waals surface area contributed by atoms with E-state index in [1.807, 2.05) is 0 Å². The van der Waals surface area contributed by atoms with Crippen molar-refractivity contribution in [3.05, 3.63) is 24.3 Å². The van der Waals surface area contributed by atoms with Crippen molar-refractivity contribution in [1.29, 1.82) is 0 Å². The maximum atomic E-state index is 11.8. The molecule has 0 aromatic heterocycles. The zero-order valence-electron chi connectivity index (χ0n) is 10.5. The van der Waals surface area contributed by atoms with Crippen LogP contribution in [0.3, 0.4) is 0 Å². The summed E-state index contributed by atoms with van der Waals surface area (Å²) >= 11 is 0. The van der Waals surface area contributed by atoms with E-state index in [0.717, 1.165) is 25.7 Å². The second-order valence-corrected chi connectivity index (χ2v) is 5.73. The lowest BCUT2D eigenvalue weighted by molar-refractivity contribution is -0.121. The van der Waals surface area contributed by atoms with Crippen molar-refractivity contribution in [3.63, 3.8) is 0 Å². The van der Waals surface area contributed by atoms with E-state index < -0.39 is 0 Å². The normalized spacial score (nSPS) is 39.4. The van der Waals surface area contributed by atoms with Gasteiger partial charge in [0.15, 0.2) is 0 Å². The average molecular weight is 218 g/mol. The summed E-state index contributed by atoms with van der Waals surface area (Å²) in [5.41, 5.74) is 2.71. The van der Waals surface area contributed by atoms with Crippen LogP contribution >= 0.6 is 0 Å². The highest BCUT2D eigenvalue weighted by molar-refractivity contribution is 5.84. The Labute approximate surface area is 98.6 Å². The van der Waals surface area contributed by atoms with E-state index >= 15 is 0 Å². The third kappa shape index (κ3) is 1.57. The first kappa shape index (κ1) is 11.6. The molecule has 0 amide bonds. The zero-order valence-corrected chi connectivity index (χ0v) is 10.5. The molecule has 2 aliphatic rings. The van der Waals surface area contributed by atoms with E-state index in [-0.39, 0.29) is 11.3 Å². The third-order valence-corrected chi connectivity index (χ3v) is 4.94. The fourth-order valence-electron chi connectivity index (χ4n) is 3.55. The molecule has 1 spiro atoms. The number of hydrogen-bond acceptors (Lipinski definition) is 1. The molecule has 2 aliphatic carbocycles. The lowest BCUT2D eigenvalue weighted by atomic mass is 9.61. The second-order valence-electron chi connectivity index (χ2n) is 5.73. The van der Waals surface area contributed by atoms with Crippen LogP contribution in [0, 0.1) is 17.3 Å². The first-order chi connectivity index (χ1) is 7.47. The minimum atomic E-state index is 0.110. The van der Waals surface area contributed by atoms with Crippen LogP contribution in [0.15, 0.2) is 24.3 Å². The van der Waals surface area contributed by atoms with Gasteiger partial charge in [-0.05, 0) is 38.5 Å². The second kappa shape index (κ2) is 3.87. The van der Waals surface area contributed by atoms with Gasteiger partial charge in [-0.25, -0.2) is 0 Å². The maximum absolute atomic E-state index is 11.8. The molecule has 88 valence electrons. The topological polar surface area (TPSA) is 17.1 Å². The first-order valence-electron chi connectivity index (χ1n) is 6.34. The number of carbonyl (C=O) groups is 1. The zero-order chi connectivity index (χ0) is 11.9. The van der Waals surface area contributed by atoms with Gasteiger partial charge in [-0.3, -0.25) is 4.79 Å². The number of hydrogen-bond donors (Lipinski definition) is 0.